The smallest absolute Gasteiger partial charge is 0.158 e. The van der Waals surface area contributed by atoms with E-state index in [1.165, 1.54) is 12.8 Å². The Morgan fingerprint density at radius 3 is 2.07 bits per heavy atom. The molecule has 0 aromatic heterocycles. The van der Waals surface area contributed by atoms with Crippen LogP contribution in [-0.2, 0) is 9.47 Å². The second-order valence-electron chi connectivity index (χ2n) is 3.17. The van der Waals surface area contributed by atoms with Crippen molar-refractivity contribution >= 4 is 0 Å². The molecule has 14 heavy (non-hydrogen) atoms. The van der Waals surface area contributed by atoms with E-state index in [1.807, 2.05) is 0 Å². The van der Waals surface area contributed by atoms with Crippen molar-refractivity contribution in [3.8, 4) is 0 Å². The van der Waals surface area contributed by atoms with Crippen LogP contribution >= 0.6 is 0 Å². The predicted molar refractivity (Wildman–Crippen MR) is 60.2 cm³/mol. The molecule has 2 heteroatoms. The Labute approximate surface area is 87.6 Å². The van der Waals surface area contributed by atoms with Gasteiger partial charge in [0.1, 0.15) is 0 Å². The molecule has 0 atom stereocenters. The van der Waals surface area contributed by atoms with E-state index < -0.39 is 0 Å². The monoisotopic (exact) mass is 198 g/mol. The van der Waals surface area contributed by atoms with E-state index in [0.29, 0.717) is 13.2 Å². The van der Waals surface area contributed by atoms with Gasteiger partial charge in [-0.15, -0.1) is 13.2 Å². The van der Waals surface area contributed by atoms with E-state index in [-0.39, 0.29) is 6.29 Å². The Kier molecular flexibility index (Phi) is 10.0. The van der Waals surface area contributed by atoms with Crippen molar-refractivity contribution in [3.63, 3.8) is 0 Å². The molecular weight excluding hydrogens is 176 g/mol. The lowest BCUT2D eigenvalue weighted by Crippen LogP contribution is -2.17. The van der Waals surface area contributed by atoms with Crippen molar-refractivity contribution in [3.05, 3.63) is 25.3 Å². The van der Waals surface area contributed by atoms with Crippen LogP contribution in [0.25, 0.3) is 0 Å². The standard InChI is InChI=1S/C12H22O2/c1-4-7-8-9-12(13-10-5-2)14-11-6-3/h5-6,12H,2-4,7-11H2,1H3. The number of hydrogen-bond donors (Lipinski definition) is 0. The Morgan fingerprint density at radius 2 is 1.64 bits per heavy atom. The summed E-state index contributed by atoms with van der Waals surface area (Å²) in [6.07, 6.45) is 7.93. The molecule has 0 rings (SSSR count). The Morgan fingerprint density at radius 1 is 1.07 bits per heavy atom. The maximum absolute atomic E-state index is 5.45. The van der Waals surface area contributed by atoms with Crippen LogP contribution in [0.15, 0.2) is 25.3 Å². The lowest BCUT2D eigenvalue weighted by atomic mass is 10.2. The van der Waals surface area contributed by atoms with Gasteiger partial charge in [0.2, 0.25) is 0 Å². The maximum Gasteiger partial charge on any atom is 0.158 e. The molecule has 0 unspecified atom stereocenters. The zero-order chi connectivity index (χ0) is 10.6. The molecule has 0 aliphatic rings. The van der Waals surface area contributed by atoms with E-state index in [4.69, 9.17) is 9.47 Å². The fourth-order valence-electron chi connectivity index (χ4n) is 1.13. The Bertz CT molecular complexity index is 131. The van der Waals surface area contributed by atoms with Gasteiger partial charge in [-0.05, 0) is 12.8 Å². The number of rotatable bonds is 10. The highest BCUT2D eigenvalue weighted by Gasteiger charge is 2.06. The van der Waals surface area contributed by atoms with E-state index in [0.717, 1.165) is 12.8 Å². The largest absolute Gasteiger partial charge is 0.349 e. The average molecular weight is 198 g/mol. The van der Waals surface area contributed by atoms with Crippen molar-refractivity contribution in [1.82, 2.24) is 0 Å². The molecule has 0 aromatic carbocycles. The van der Waals surface area contributed by atoms with Crippen LogP contribution in [0.1, 0.15) is 32.6 Å². The maximum atomic E-state index is 5.45. The quantitative estimate of drug-likeness (QED) is 0.304. The second kappa shape index (κ2) is 10.5. The number of hydrogen-bond acceptors (Lipinski definition) is 2. The number of ether oxygens (including phenoxy) is 2. The molecule has 0 aliphatic heterocycles. The van der Waals surface area contributed by atoms with Crippen molar-refractivity contribution in [1.29, 1.82) is 0 Å². The zero-order valence-corrected chi connectivity index (χ0v) is 9.21. The van der Waals surface area contributed by atoms with Crippen LogP contribution in [0.5, 0.6) is 0 Å². The van der Waals surface area contributed by atoms with Crippen LogP contribution < -0.4 is 0 Å². The third-order valence-electron chi connectivity index (χ3n) is 1.84. The summed E-state index contributed by atoms with van der Waals surface area (Å²) in [5.74, 6) is 0. The summed E-state index contributed by atoms with van der Waals surface area (Å²) in [6, 6.07) is 0. The highest BCUT2D eigenvalue weighted by Crippen LogP contribution is 2.08. The van der Waals surface area contributed by atoms with Gasteiger partial charge in [-0.1, -0.05) is 31.9 Å². The van der Waals surface area contributed by atoms with Crippen molar-refractivity contribution in [2.45, 2.75) is 38.9 Å². The first-order chi connectivity index (χ1) is 6.85. The summed E-state index contributed by atoms with van der Waals surface area (Å²) in [6.45, 7) is 10.5. The van der Waals surface area contributed by atoms with E-state index >= 15 is 0 Å². The topological polar surface area (TPSA) is 18.5 Å². The first-order valence-electron chi connectivity index (χ1n) is 5.30. The third kappa shape index (κ3) is 8.02. The summed E-state index contributed by atoms with van der Waals surface area (Å²) in [7, 11) is 0. The summed E-state index contributed by atoms with van der Waals surface area (Å²) in [5.41, 5.74) is 0. The van der Waals surface area contributed by atoms with Gasteiger partial charge in [-0.2, -0.15) is 0 Å². The van der Waals surface area contributed by atoms with E-state index in [2.05, 4.69) is 20.1 Å². The molecule has 0 aliphatic carbocycles. The molecule has 0 saturated carbocycles. The van der Waals surface area contributed by atoms with Crippen molar-refractivity contribution < 1.29 is 9.47 Å². The lowest BCUT2D eigenvalue weighted by molar-refractivity contribution is -0.131. The minimum absolute atomic E-state index is 0.0995. The molecule has 0 spiro atoms. The lowest BCUT2D eigenvalue weighted by Gasteiger charge is -2.16. The minimum Gasteiger partial charge on any atom is -0.349 e. The van der Waals surface area contributed by atoms with Gasteiger partial charge in [0, 0.05) is 0 Å². The highest BCUT2D eigenvalue weighted by molar-refractivity contribution is 4.67. The third-order valence-corrected chi connectivity index (χ3v) is 1.84. The predicted octanol–water partition coefficient (Wildman–Crippen LogP) is 3.30. The van der Waals surface area contributed by atoms with Crippen LogP contribution in [-0.4, -0.2) is 19.5 Å². The molecule has 0 fully saturated rings. The van der Waals surface area contributed by atoms with E-state index in [9.17, 15) is 0 Å². The van der Waals surface area contributed by atoms with E-state index in [1.54, 1.807) is 12.2 Å². The molecular formula is C12H22O2. The summed E-state index contributed by atoms with van der Waals surface area (Å²) in [4.78, 5) is 0. The zero-order valence-electron chi connectivity index (χ0n) is 9.21. The van der Waals surface area contributed by atoms with Crippen LogP contribution in [0.2, 0.25) is 0 Å². The van der Waals surface area contributed by atoms with Gasteiger partial charge in [-0.3, -0.25) is 0 Å². The minimum atomic E-state index is -0.0995. The number of unbranched alkanes of at least 4 members (excludes halogenated alkanes) is 2. The molecule has 0 heterocycles. The average Bonchev–Trinajstić information content (AvgIpc) is 2.21. The Balaban J connectivity index is 3.59. The first kappa shape index (κ1) is 13.4. The Hall–Kier alpha value is -0.600. The first-order valence-corrected chi connectivity index (χ1v) is 5.30. The van der Waals surface area contributed by atoms with Crippen LogP contribution in [0.3, 0.4) is 0 Å². The highest BCUT2D eigenvalue weighted by atomic mass is 16.7. The van der Waals surface area contributed by atoms with Gasteiger partial charge >= 0.3 is 0 Å². The molecule has 0 bridgehead atoms. The molecule has 0 aromatic rings. The van der Waals surface area contributed by atoms with Crippen molar-refractivity contribution in [2.24, 2.45) is 0 Å². The van der Waals surface area contributed by atoms with Crippen LogP contribution in [0, 0.1) is 0 Å². The second-order valence-corrected chi connectivity index (χ2v) is 3.17. The molecule has 0 N–H and O–H groups in total. The molecule has 82 valence electrons. The molecule has 0 amide bonds. The summed E-state index contributed by atoms with van der Waals surface area (Å²) >= 11 is 0. The fraction of sp³-hybridized carbons (Fsp3) is 0.667. The summed E-state index contributed by atoms with van der Waals surface area (Å²) < 4.78 is 10.9. The van der Waals surface area contributed by atoms with Gasteiger partial charge in [0.05, 0.1) is 13.2 Å². The van der Waals surface area contributed by atoms with Crippen molar-refractivity contribution in [2.75, 3.05) is 13.2 Å². The van der Waals surface area contributed by atoms with Gasteiger partial charge in [-0.25, -0.2) is 0 Å². The normalized spacial score (nSPS) is 10.4. The molecule has 0 radical (unpaired) electrons. The molecule has 0 saturated heterocycles. The van der Waals surface area contributed by atoms with Gasteiger partial charge < -0.3 is 9.47 Å². The molecule has 2 nitrogen and oxygen atoms in total. The van der Waals surface area contributed by atoms with Crippen LogP contribution in [0.4, 0.5) is 0 Å². The van der Waals surface area contributed by atoms with Gasteiger partial charge in [0.15, 0.2) is 6.29 Å². The van der Waals surface area contributed by atoms with Gasteiger partial charge in [0.25, 0.3) is 0 Å². The fourth-order valence-corrected chi connectivity index (χ4v) is 1.13. The summed E-state index contributed by atoms with van der Waals surface area (Å²) in [5, 5.41) is 0. The SMILES string of the molecule is C=CCOC(CCCCC)OCC=C.